The van der Waals surface area contributed by atoms with E-state index in [2.05, 4.69) is 10.6 Å². The minimum Gasteiger partial charge on any atom is -0.396 e. The molecule has 18 heavy (non-hydrogen) atoms. The van der Waals surface area contributed by atoms with Gasteiger partial charge in [-0.25, -0.2) is 4.79 Å². The van der Waals surface area contributed by atoms with Crippen molar-refractivity contribution in [2.45, 2.75) is 19.4 Å². The topological polar surface area (TPSA) is 61.4 Å². The summed E-state index contributed by atoms with van der Waals surface area (Å²) in [7, 11) is 0. The number of aliphatic hydroxyl groups is 1. The molecule has 1 aliphatic rings. The third-order valence-corrected chi connectivity index (χ3v) is 3.12. The molecule has 0 bridgehead atoms. The maximum atomic E-state index is 11.8. The average molecular weight is 246 g/mol. The highest BCUT2D eigenvalue weighted by Gasteiger charge is 2.19. The molecule has 1 aromatic rings. The van der Waals surface area contributed by atoms with Crippen molar-refractivity contribution in [1.29, 1.82) is 0 Å². The lowest BCUT2D eigenvalue weighted by Crippen LogP contribution is -2.36. The van der Waals surface area contributed by atoms with Gasteiger partial charge < -0.3 is 15.7 Å². The third-order valence-electron chi connectivity index (χ3n) is 3.12. The first-order valence-corrected chi connectivity index (χ1v) is 6.11. The number of urea groups is 1. The van der Waals surface area contributed by atoms with Crippen LogP contribution in [-0.4, -0.2) is 23.8 Å². The molecule has 0 aromatic heterocycles. The van der Waals surface area contributed by atoms with Crippen molar-refractivity contribution in [1.82, 2.24) is 5.32 Å². The number of nitrogens with one attached hydrogen (secondary N) is 2. The summed E-state index contributed by atoms with van der Waals surface area (Å²) in [4.78, 5) is 11.8. The molecular formula is C14H18N2O2. The van der Waals surface area contributed by atoms with Crippen LogP contribution in [0.2, 0.25) is 0 Å². The molecule has 0 spiro atoms. The minimum absolute atomic E-state index is 0.00571. The molecule has 0 aliphatic heterocycles. The highest BCUT2D eigenvalue weighted by atomic mass is 16.3. The number of carbonyl (C=O) groups is 1. The molecule has 0 unspecified atom stereocenters. The summed E-state index contributed by atoms with van der Waals surface area (Å²) in [6.45, 7) is 2.08. The van der Waals surface area contributed by atoms with Gasteiger partial charge in [-0.2, -0.15) is 0 Å². The lowest BCUT2D eigenvalue weighted by atomic mass is 10.1. The summed E-state index contributed by atoms with van der Waals surface area (Å²) >= 11 is 0. The number of benzene rings is 1. The molecule has 3 N–H and O–H groups in total. The minimum atomic E-state index is -0.211. The molecular weight excluding hydrogens is 228 g/mol. The second-order valence-electron chi connectivity index (χ2n) is 4.58. The van der Waals surface area contributed by atoms with E-state index >= 15 is 0 Å². The Hall–Kier alpha value is -1.81. The van der Waals surface area contributed by atoms with E-state index in [4.69, 9.17) is 5.11 Å². The van der Waals surface area contributed by atoms with E-state index in [-0.39, 0.29) is 24.6 Å². The molecule has 0 radical (unpaired) electrons. The fourth-order valence-corrected chi connectivity index (χ4v) is 2.06. The number of carbonyl (C=O) groups excluding carboxylic acids is 1. The Bertz CT molecular complexity index is 457. The van der Waals surface area contributed by atoms with E-state index in [1.54, 1.807) is 0 Å². The van der Waals surface area contributed by atoms with Crippen LogP contribution in [0.3, 0.4) is 0 Å². The fourth-order valence-electron chi connectivity index (χ4n) is 2.06. The molecule has 2 amide bonds. The van der Waals surface area contributed by atoms with Crippen LogP contribution in [0.5, 0.6) is 0 Å². The third kappa shape index (κ3) is 3.11. The first kappa shape index (κ1) is 12.6. The number of anilines is 1. The van der Waals surface area contributed by atoms with Crippen LogP contribution in [0.4, 0.5) is 10.5 Å². The number of hydrogen-bond acceptors (Lipinski definition) is 2. The molecule has 96 valence electrons. The maximum absolute atomic E-state index is 11.8. The zero-order valence-corrected chi connectivity index (χ0v) is 10.4. The monoisotopic (exact) mass is 246 g/mol. The molecule has 4 heteroatoms. The zero-order valence-electron chi connectivity index (χ0n) is 10.4. The van der Waals surface area contributed by atoms with E-state index in [0.29, 0.717) is 0 Å². The van der Waals surface area contributed by atoms with E-state index < -0.39 is 0 Å². The summed E-state index contributed by atoms with van der Waals surface area (Å²) < 4.78 is 0. The highest BCUT2D eigenvalue weighted by Crippen LogP contribution is 2.17. The number of rotatable bonds is 3. The summed E-state index contributed by atoms with van der Waals surface area (Å²) in [5.74, 6) is 0.161. The van der Waals surface area contributed by atoms with E-state index in [0.717, 1.165) is 17.7 Å². The Morgan fingerprint density at radius 2 is 2.17 bits per heavy atom. The predicted molar refractivity (Wildman–Crippen MR) is 71.5 cm³/mol. The lowest BCUT2D eigenvalue weighted by molar-refractivity contribution is 0.238. The molecule has 0 saturated heterocycles. The largest absolute Gasteiger partial charge is 0.396 e. The van der Waals surface area contributed by atoms with Crippen LogP contribution in [-0.2, 0) is 0 Å². The second kappa shape index (κ2) is 5.69. The van der Waals surface area contributed by atoms with Crippen LogP contribution in [0.25, 0.3) is 0 Å². The van der Waals surface area contributed by atoms with Gasteiger partial charge in [-0.05, 0) is 25.0 Å². The molecule has 2 rings (SSSR count). The molecule has 0 heterocycles. The average Bonchev–Trinajstić information content (AvgIpc) is 2.80. The van der Waals surface area contributed by atoms with Gasteiger partial charge in [-0.3, -0.25) is 0 Å². The van der Waals surface area contributed by atoms with Crippen molar-refractivity contribution >= 4 is 11.7 Å². The van der Waals surface area contributed by atoms with Gasteiger partial charge in [0.15, 0.2) is 0 Å². The van der Waals surface area contributed by atoms with Crippen molar-refractivity contribution < 1.29 is 9.90 Å². The van der Waals surface area contributed by atoms with Crippen molar-refractivity contribution in [3.8, 4) is 0 Å². The van der Waals surface area contributed by atoms with Gasteiger partial charge in [0.25, 0.3) is 0 Å². The summed E-state index contributed by atoms with van der Waals surface area (Å²) in [5, 5.41) is 14.7. The van der Waals surface area contributed by atoms with Crippen molar-refractivity contribution in [3.63, 3.8) is 0 Å². The van der Waals surface area contributed by atoms with Crippen LogP contribution >= 0.6 is 0 Å². The number of aryl methyl sites for hydroxylation is 1. The number of amides is 2. The Kier molecular flexibility index (Phi) is 3.99. The Balaban J connectivity index is 1.87. The number of para-hydroxylation sites is 1. The molecule has 1 aromatic carbocycles. The Morgan fingerprint density at radius 1 is 1.39 bits per heavy atom. The van der Waals surface area contributed by atoms with Crippen LogP contribution < -0.4 is 10.6 Å². The lowest BCUT2D eigenvalue weighted by Gasteiger charge is -2.14. The summed E-state index contributed by atoms with van der Waals surface area (Å²) in [5.41, 5.74) is 1.85. The molecule has 2 atom stereocenters. The zero-order chi connectivity index (χ0) is 13.0. The SMILES string of the molecule is Cc1ccccc1NC(=O)N[C@@H]1C=C[C@H](CO)C1. The van der Waals surface area contributed by atoms with E-state index in [9.17, 15) is 4.79 Å². The van der Waals surface area contributed by atoms with Gasteiger partial charge in [0, 0.05) is 24.3 Å². The summed E-state index contributed by atoms with van der Waals surface area (Å²) in [6, 6.07) is 7.44. The quantitative estimate of drug-likeness (QED) is 0.715. The second-order valence-corrected chi connectivity index (χ2v) is 4.58. The van der Waals surface area contributed by atoms with Crippen LogP contribution in [0.15, 0.2) is 36.4 Å². The Morgan fingerprint density at radius 3 is 2.83 bits per heavy atom. The van der Waals surface area contributed by atoms with Gasteiger partial charge >= 0.3 is 6.03 Å². The smallest absolute Gasteiger partial charge is 0.319 e. The number of hydrogen-bond donors (Lipinski definition) is 3. The fraction of sp³-hybridized carbons (Fsp3) is 0.357. The molecule has 1 aliphatic carbocycles. The predicted octanol–water partition coefficient (Wildman–Crippen LogP) is 2.05. The van der Waals surface area contributed by atoms with Gasteiger partial charge in [0.2, 0.25) is 0 Å². The summed E-state index contributed by atoms with van der Waals surface area (Å²) in [6.07, 6.45) is 4.63. The van der Waals surface area contributed by atoms with Crippen LogP contribution in [0.1, 0.15) is 12.0 Å². The van der Waals surface area contributed by atoms with Crippen molar-refractivity contribution in [3.05, 3.63) is 42.0 Å². The Labute approximate surface area is 107 Å². The van der Waals surface area contributed by atoms with E-state index in [1.165, 1.54) is 0 Å². The van der Waals surface area contributed by atoms with Crippen molar-refractivity contribution in [2.24, 2.45) is 5.92 Å². The molecule has 0 saturated carbocycles. The van der Waals surface area contributed by atoms with Crippen molar-refractivity contribution in [2.75, 3.05) is 11.9 Å². The van der Waals surface area contributed by atoms with Gasteiger partial charge in [-0.15, -0.1) is 0 Å². The molecule has 4 nitrogen and oxygen atoms in total. The first-order chi connectivity index (χ1) is 8.69. The number of aliphatic hydroxyl groups excluding tert-OH is 1. The standard InChI is InChI=1S/C14H18N2O2/c1-10-4-2-3-5-13(10)16-14(18)15-12-7-6-11(8-12)9-17/h2-7,11-12,17H,8-9H2,1H3,(H2,15,16,18)/t11-,12+/m0/s1. The first-order valence-electron chi connectivity index (χ1n) is 6.11. The van der Waals surface area contributed by atoms with E-state index in [1.807, 2.05) is 43.3 Å². The normalized spacial score (nSPS) is 21.9. The molecule has 0 fully saturated rings. The van der Waals surface area contributed by atoms with Gasteiger partial charge in [-0.1, -0.05) is 30.4 Å². The van der Waals surface area contributed by atoms with Gasteiger partial charge in [0.05, 0.1) is 0 Å². The van der Waals surface area contributed by atoms with Crippen LogP contribution in [0, 0.1) is 12.8 Å². The van der Waals surface area contributed by atoms with Gasteiger partial charge in [0.1, 0.15) is 0 Å². The highest BCUT2D eigenvalue weighted by molar-refractivity contribution is 5.90. The maximum Gasteiger partial charge on any atom is 0.319 e.